The summed E-state index contributed by atoms with van der Waals surface area (Å²) in [6.45, 7) is 9.70. The summed E-state index contributed by atoms with van der Waals surface area (Å²) in [6, 6.07) is 2.11. The lowest BCUT2D eigenvalue weighted by Crippen LogP contribution is -2.54. The molecule has 0 bridgehead atoms. The molecule has 0 radical (unpaired) electrons. The van der Waals surface area contributed by atoms with Crippen molar-refractivity contribution in [2.24, 2.45) is 11.1 Å². The zero-order valence-corrected chi connectivity index (χ0v) is 21.7. The Bertz CT molecular complexity index is 1520. The molecule has 0 saturated carbocycles. The van der Waals surface area contributed by atoms with Crippen molar-refractivity contribution >= 4 is 33.7 Å². The zero-order chi connectivity index (χ0) is 25.9. The van der Waals surface area contributed by atoms with Crippen LogP contribution in [0.5, 0.6) is 0 Å². The Hall–Kier alpha value is -3.61. The number of rotatable bonds is 7. The minimum Gasteiger partial charge on any atom is -0.377 e. The third-order valence-corrected chi connectivity index (χ3v) is 7.99. The van der Waals surface area contributed by atoms with Crippen LogP contribution in [0.4, 0.5) is 5.69 Å². The van der Waals surface area contributed by atoms with E-state index >= 15 is 0 Å². The molecule has 4 aromatic heterocycles. The van der Waals surface area contributed by atoms with Crippen LogP contribution < -0.4 is 11.1 Å². The number of primary amides is 1. The zero-order valence-electron chi connectivity index (χ0n) is 20.9. The van der Waals surface area contributed by atoms with E-state index in [2.05, 4.69) is 39.2 Å². The van der Waals surface area contributed by atoms with E-state index in [1.807, 2.05) is 23.9 Å². The van der Waals surface area contributed by atoms with Gasteiger partial charge in [0.05, 0.1) is 66.2 Å². The number of ether oxygens (including phenoxy) is 1. The Balaban J connectivity index is 1.38. The largest absolute Gasteiger partial charge is 0.377 e. The van der Waals surface area contributed by atoms with Crippen LogP contribution >= 0.6 is 11.3 Å². The van der Waals surface area contributed by atoms with E-state index < -0.39 is 5.91 Å². The van der Waals surface area contributed by atoms with E-state index in [0.717, 1.165) is 40.5 Å². The number of thiazole rings is 1. The van der Waals surface area contributed by atoms with Crippen LogP contribution in [0.25, 0.3) is 26.5 Å². The molecule has 2 saturated heterocycles. The molecule has 6 heterocycles. The van der Waals surface area contributed by atoms with E-state index in [-0.39, 0.29) is 17.4 Å². The molecule has 2 aliphatic rings. The van der Waals surface area contributed by atoms with Gasteiger partial charge in [-0.05, 0) is 18.4 Å². The molecule has 0 spiro atoms. The molecule has 2 amide bonds. The minimum absolute atomic E-state index is 0.0816. The summed E-state index contributed by atoms with van der Waals surface area (Å²) in [6.07, 6.45) is 6.93. The summed E-state index contributed by atoms with van der Waals surface area (Å²) in [5, 5.41) is 12.0. The van der Waals surface area contributed by atoms with Crippen molar-refractivity contribution in [1.82, 2.24) is 29.3 Å². The SMILES string of the molecule is Cc1ncc(NC(=O)CN2CC(C)(C)C2)cc1-c1c(-c2cnn(C3COC3)c2)sc2c(C(N)=O)cnn12. The fourth-order valence-electron chi connectivity index (χ4n) is 4.99. The van der Waals surface area contributed by atoms with Crippen molar-refractivity contribution in [3.8, 4) is 21.7 Å². The average molecular weight is 521 g/mol. The monoisotopic (exact) mass is 520 g/mol. The summed E-state index contributed by atoms with van der Waals surface area (Å²) in [7, 11) is 0. The van der Waals surface area contributed by atoms with Crippen LogP contribution in [0.15, 0.2) is 30.9 Å². The number of fused-ring (bicyclic) bond motifs is 1. The first-order chi connectivity index (χ1) is 17.7. The van der Waals surface area contributed by atoms with Crippen LogP contribution in [-0.4, -0.2) is 73.9 Å². The number of hydrogen-bond donors (Lipinski definition) is 2. The molecule has 37 heavy (non-hydrogen) atoms. The number of amides is 2. The van der Waals surface area contributed by atoms with Crippen LogP contribution in [-0.2, 0) is 9.53 Å². The highest BCUT2D eigenvalue weighted by atomic mass is 32.1. The summed E-state index contributed by atoms with van der Waals surface area (Å²) in [5.74, 6) is -0.622. The number of hydrogen-bond acceptors (Lipinski definition) is 8. The number of anilines is 1. The molecule has 0 aliphatic carbocycles. The molecule has 2 aliphatic heterocycles. The number of pyridine rings is 1. The van der Waals surface area contributed by atoms with Gasteiger partial charge in [0.15, 0.2) is 0 Å². The Kier molecular flexibility index (Phi) is 5.62. The Morgan fingerprint density at radius 2 is 2.00 bits per heavy atom. The van der Waals surface area contributed by atoms with Gasteiger partial charge < -0.3 is 15.8 Å². The number of nitrogens with two attached hydrogens (primary N) is 1. The molecule has 0 atom stereocenters. The molecule has 4 aromatic rings. The quantitative estimate of drug-likeness (QED) is 0.383. The van der Waals surface area contributed by atoms with Gasteiger partial charge in [0, 0.05) is 36.1 Å². The van der Waals surface area contributed by atoms with Gasteiger partial charge in [0.2, 0.25) is 5.91 Å². The molecule has 0 unspecified atom stereocenters. The van der Waals surface area contributed by atoms with Crippen molar-refractivity contribution in [3.63, 3.8) is 0 Å². The Morgan fingerprint density at radius 1 is 1.22 bits per heavy atom. The van der Waals surface area contributed by atoms with Gasteiger partial charge >= 0.3 is 0 Å². The number of carbonyl (C=O) groups excluding carboxylic acids is 2. The van der Waals surface area contributed by atoms with E-state index in [0.29, 0.717) is 35.8 Å². The van der Waals surface area contributed by atoms with Gasteiger partial charge in [-0.15, -0.1) is 11.3 Å². The number of likely N-dealkylation sites (tertiary alicyclic amines) is 1. The van der Waals surface area contributed by atoms with Crippen LogP contribution in [0.3, 0.4) is 0 Å². The van der Waals surface area contributed by atoms with Crippen LogP contribution in [0, 0.1) is 12.3 Å². The number of nitrogens with zero attached hydrogens (tertiary/aromatic N) is 6. The number of nitrogens with one attached hydrogen (secondary N) is 1. The van der Waals surface area contributed by atoms with Gasteiger partial charge in [0.25, 0.3) is 5.91 Å². The predicted molar refractivity (Wildman–Crippen MR) is 139 cm³/mol. The first-order valence-corrected chi connectivity index (χ1v) is 12.9. The lowest BCUT2D eigenvalue weighted by Gasteiger charge is -2.45. The van der Waals surface area contributed by atoms with E-state index in [1.165, 1.54) is 17.5 Å². The highest BCUT2D eigenvalue weighted by molar-refractivity contribution is 7.21. The molecule has 0 aromatic carbocycles. The number of aromatic nitrogens is 5. The fraction of sp³-hybridized carbons (Fsp3) is 0.400. The predicted octanol–water partition coefficient (Wildman–Crippen LogP) is 2.58. The van der Waals surface area contributed by atoms with Gasteiger partial charge in [-0.25, -0.2) is 4.52 Å². The van der Waals surface area contributed by atoms with Crippen molar-refractivity contribution in [2.75, 3.05) is 38.2 Å². The number of carbonyl (C=O) groups is 2. The lowest BCUT2D eigenvalue weighted by molar-refractivity contribution is -0.120. The third kappa shape index (κ3) is 4.30. The fourth-order valence-corrected chi connectivity index (χ4v) is 6.19. The van der Waals surface area contributed by atoms with E-state index in [9.17, 15) is 9.59 Å². The maximum atomic E-state index is 12.7. The topological polar surface area (TPSA) is 133 Å². The van der Waals surface area contributed by atoms with Gasteiger partial charge in [-0.3, -0.25) is 24.2 Å². The second kappa shape index (κ2) is 8.75. The summed E-state index contributed by atoms with van der Waals surface area (Å²) in [5.41, 5.74) is 10.1. The molecule has 12 heteroatoms. The van der Waals surface area contributed by atoms with Crippen LogP contribution in [0.1, 0.15) is 35.9 Å². The minimum atomic E-state index is -0.540. The standard InChI is InChI=1S/C25H28N8O3S/c1-14-18(4-16(6-27-14)30-20(34)9-31-12-25(2,3)13-31)21-22(15-5-28-32(8-15)17-10-36-11-17)37-24-19(23(26)35)7-29-33(21)24/h4-8,17H,9-13H2,1-3H3,(H2,26,35)(H,30,34). The average Bonchev–Trinajstić information content (AvgIpc) is 3.47. The summed E-state index contributed by atoms with van der Waals surface area (Å²) in [4.78, 5) is 33.0. The maximum absolute atomic E-state index is 12.7. The second-order valence-corrected chi connectivity index (χ2v) is 11.5. The molecular formula is C25H28N8O3S. The molecule has 192 valence electrons. The molecular weight excluding hydrogens is 492 g/mol. The molecule has 3 N–H and O–H groups in total. The van der Waals surface area contributed by atoms with Crippen molar-refractivity contribution in [3.05, 3.63) is 42.1 Å². The smallest absolute Gasteiger partial charge is 0.253 e. The number of aryl methyl sites for hydroxylation is 1. The van der Waals surface area contributed by atoms with Crippen molar-refractivity contribution in [2.45, 2.75) is 26.8 Å². The normalized spacial score (nSPS) is 17.5. The van der Waals surface area contributed by atoms with E-state index in [1.54, 1.807) is 16.9 Å². The van der Waals surface area contributed by atoms with Gasteiger partial charge in [-0.1, -0.05) is 13.8 Å². The Labute approximate surface area is 217 Å². The second-order valence-electron chi connectivity index (χ2n) is 10.5. The highest BCUT2D eigenvalue weighted by Gasteiger charge is 2.35. The summed E-state index contributed by atoms with van der Waals surface area (Å²) >= 11 is 1.42. The van der Waals surface area contributed by atoms with Crippen molar-refractivity contribution in [1.29, 1.82) is 0 Å². The van der Waals surface area contributed by atoms with Crippen molar-refractivity contribution < 1.29 is 14.3 Å². The van der Waals surface area contributed by atoms with Gasteiger partial charge in [-0.2, -0.15) is 10.2 Å². The Morgan fingerprint density at radius 3 is 2.68 bits per heavy atom. The first kappa shape index (κ1) is 23.8. The van der Waals surface area contributed by atoms with Crippen LogP contribution in [0.2, 0.25) is 0 Å². The molecule has 2 fully saturated rings. The highest BCUT2D eigenvalue weighted by Crippen LogP contribution is 2.42. The first-order valence-electron chi connectivity index (χ1n) is 12.1. The van der Waals surface area contributed by atoms with E-state index in [4.69, 9.17) is 10.5 Å². The lowest BCUT2D eigenvalue weighted by atomic mass is 9.84. The third-order valence-electron chi connectivity index (χ3n) is 6.77. The molecule has 6 rings (SSSR count). The van der Waals surface area contributed by atoms with Gasteiger partial charge in [0.1, 0.15) is 4.83 Å². The summed E-state index contributed by atoms with van der Waals surface area (Å²) < 4.78 is 8.94. The molecule has 11 nitrogen and oxygen atoms in total. The maximum Gasteiger partial charge on any atom is 0.253 e.